The molecule has 2 N–H and O–H groups in total. The summed E-state index contributed by atoms with van der Waals surface area (Å²) in [6, 6.07) is 6.92. The number of aromatic nitrogens is 1. The highest BCUT2D eigenvalue weighted by atomic mass is 32.1. The van der Waals surface area contributed by atoms with Gasteiger partial charge in [0.25, 0.3) is 0 Å². The standard InChI is InChI=1S/C20H17F4N3O3S/c1-10-2-4-11(5-3-10)15-9-31-20(26-15)27-19(29)25-7-12(28)8-30-18-16(23)13(21)6-14(22)17(18)24/h2-5,9,13H,6-8H2,1H3,(H2,25,26,27,29). The summed E-state index contributed by atoms with van der Waals surface area (Å²) in [6.45, 7) is 0.537. The van der Waals surface area contributed by atoms with Crippen molar-refractivity contribution in [2.24, 2.45) is 0 Å². The zero-order valence-electron chi connectivity index (χ0n) is 16.2. The number of thiazole rings is 1. The molecule has 2 amide bonds. The summed E-state index contributed by atoms with van der Waals surface area (Å²) in [5.74, 6) is -6.85. The van der Waals surface area contributed by atoms with Crippen LogP contribution in [0.25, 0.3) is 11.3 Å². The van der Waals surface area contributed by atoms with Gasteiger partial charge in [-0.3, -0.25) is 10.1 Å². The third-order valence-corrected chi connectivity index (χ3v) is 4.94. The minimum Gasteiger partial charge on any atom is -0.480 e. The molecule has 0 radical (unpaired) electrons. The number of hydrogen-bond donors (Lipinski definition) is 2. The molecular weight excluding hydrogens is 438 g/mol. The third kappa shape index (κ3) is 5.69. The molecule has 1 aromatic heterocycles. The van der Waals surface area contributed by atoms with Gasteiger partial charge in [-0.2, -0.15) is 4.39 Å². The Balaban J connectivity index is 1.47. The van der Waals surface area contributed by atoms with Crippen molar-refractivity contribution in [2.75, 3.05) is 18.5 Å². The molecule has 6 nitrogen and oxygen atoms in total. The zero-order chi connectivity index (χ0) is 22.5. The molecular formula is C20H17F4N3O3S. The number of carbonyl (C=O) groups excluding carboxylic acids is 2. The Morgan fingerprint density at radius 3 is 2.65 bits per heavy atom. The number of amides is 2. The van der Waals surface area contributed by atoms with Crippen LogP contribution < -0.4 is 10.6 Å². The maximum atomic E-state index is 13.6. The maximum Gasteiger partial charge on any atom is 0.321 e. The largest absolute Gasteiger partial charge is 0.480 e. The fraction of sp³-hybridized carbons (Fsp3) is 0.250. The van der Waals surface area contributed by atoms with E-state index in [1.807, 2.05) is 31.2 Å². The van der Waals surface area contributed by atoms with Crippen LogP contribution in [-0.2, 0) is 9.53 Å². The highest BCUT2D eigenvalue weighted by Crippen LogP contribution is 2.35. The van der Waals surface area contributed by atoms with Gasteiger partial charge in [0.05, 0.1) is 12.2 Å². The Hall–Kier alpha value is -3.21. The lowest BCUT2D eigenvalue weighted by Crippen LogP contribution is -2.34. The molecule has 1 atom stereocenters. The van der Waals surface area contributed by atoms with E-state index in [1.54, 1.807) is 5.38 Å². The number of carbonyl (C=O) groups is 2. The van der Waals surface area contributed by atoms with E-state index in [4.69, 9.17) is 0 Å². The van der Waals surface area contributed by atoms with Crippen LogP contribution in [0.4, 0.5) is 27.5 Å². The Bertz CT molecular complexity index is 1050. The number of urea groups is 1. The van der Waals surface area contributed by atoms with Crippen LogP contribution in [0, 0.1) is 6.92 Å². The van der Waals surface area contributed by atoms with Crippen molar-refractivity contribution >= 4 is 28.3 Å². The highest BCUT2D eigenvalue weighted by Gasteiger charge is 2.32. The summed E-state index contributed by atoms with van der Waals surface area (Å²) in [7, 11) is 0. The molecule has 0 spiro atoms. The van der Waals surface area contributed by atoms with Crippen LogP contribution >= 0.6 is 11.3 Å². The molecule has 2 aromatic rings. The molecule has 3 rings (SSSR count). The first-order chi connectivity index (χ1) is 14.7. The number of Topliss-reactive ketones (excluding diaryl/α,β-unsaturated/α-hetero) is 1. The van der Waals surface area contributed by atoms with Gasteiger partial charge >= 0.3 is 6.03 Å². The number of hydrogen-bond acceptors (Lipinski definition) is 5. The normalized spacial score (nSPS) is 16.4. The van der Waals surface area contributed by atoms with Crippen LogP contribution in [0.1, 0.15) is 12.0 Å². The molecule has 1 heterocycles. The Morgan fingerprint density at radius 1 is 1.23 bits per heavy atom. The number of benzene rings is 1. The SMILES string of the molecule is Cc1ccc(-c2csc(NC(=O)NCC(=O)COC3=C(F)C(F)CC(F)=C3F)n2)cc1. The van der Waals surface area contributed by atoms with Gasteiger partial charge in [0.2, 0.25) is 0 Å². The number of aryl methyl sites for hydroxylation is 1. The second-order valence-corrected chi connectivity index (χ2v) is 7.46. The van der Waals surface area contributed by atoms with Crippen LogP contribution in [0.5, 0.6) is 0 Å². The predicted octanol–water partition coefficient (Wildman–Crippen LogP) is 4.90. The molecule has 1 aromatic carbocycles. The lowest BCUT2D eigenvalue weighted by Gasteiger charge is -2.17. The second-order valence-electron chi connectivity index (χ2n) is 6.61. The van der Waals surface area contributed by atoms with E-state index < -0.39 is 60.8 Å². The van der Waals surface area contributed by atoms with E-state index in [9.17, 15) is 27.2 Å². The molecule has 0 fully saturated rings. The van der Waals surface area contributed by atoms with Crippen molar-refractivity contribution in [3.63, 3.8) is 0 Å². The van der Waals surface area contributed by atoms with Gasteiger partial charge in [0.1, 0.15) is 12.4 Å². The minimum atomic E-state index is -2.38. The third-order valence-electron chi connectivity index (χ3n) is 4.18. The minimum absolute atomic E-state index is 0.294. The van der Waals surface area contributed by atoms with Gasteiger partial charge in [-0.1, -0.05) is 29.8 Å². The first-order valence-electron chi connectivity index (χ1n) is 9.04. The Kier molecular flexibility index (Phi) is 7.06. The molecule has 0 saturated carbocycles. The van der Waals surface area contributed by atoms with E-state index in [-0.39, 0.29) is 0 Å². The monoisotopic (exact) mass is 455 g/mol. The molecule has 11 heteroatoms. The number of rotatable bonds is 7. The number of nitrogens with one attached hydrogen (secondary N) is 2. The van der Waals surface area contributed by atoms with E-state index >= 15 is 0 Å². The van der Waals surface area contributed by atoms with Gasteiger partial charge < -0.3 is 10.1 Å². The number of halogens is 4. The number of ketones is 1. The fourth-order valence-electron chi connectivity index (χ4n) is 2.55. The number of anilines is 1. The van der Waals surface area contributed by atoms with Gasteiger partial charge in [-0.25, -0.2) is 22.9 Å². The average Bonchev–Trinajstić information content (AvgIpc) is 3.19. The summed E-state index contributed by atoms with van der Waals surface area (Å²) in [5, 5.41) is 6.75. The van der Waals surface area contributed by atoms with Crippen LogP contribution in [0.15, 0.2) is 52.9 Å². The smallest absolute Gasteiger partial charge is 0.321 e. The van der Waals surface area contributed by atoms with Crippen LogP contribution in [-0.4, -0.2) is 36.1 Å². The quantitative estimate of drug-likeness (QED) is 0.582. The average molecular weight is 455 g/mol. The van der Waals surface area contributed by atoms with Crippen molar-refractivity contribution in [3.05, 3.63) is 58.4 Å². The van der Waals surface area contributed by atoms with Crippen molar-refractivity contribution < 1.29 is 31.9 Å². The van der Waals surface area contributed by atoms with E-state index in [2.05, 4.69) is 20.4 Å². The lowest BCUT2D eigenvalue weighted by molar-refractivity contribution is -0.121. The van der Waals surface area contributed by atoms with E-state index in [0.29, 0.717) is 10.8 Å². The Morgan fingerprint density at radius 2 is 1.94 bits per heavy atom. The number of nitrogens with zero attached hydrogens (tertiary/aromatic N) is 1. The van der Waals surface area contributed by atoms with Crippen LogP contribution in [0.2, 0.25) is 0 Å². The molecule has 1 aliphatic rings. The zero-order valence-corrected chi connectivity index (χ0v) is 17.0. The van der Waals surface area contributed by atoms with Crippen molar-refractivity contribution in [2.45, 2.75) is 19.5 Å². The summed E-state index contributed by atoms with van der Waals surface area (Å²) in [4.78, 5) is 28.0. The number of alkyl halides is 1. The maximum absolute atomic E-state index is 13.6. The van der Waals surface area contributed by atoms with E-state index in [1.165, 1.54) is 11.3 Å². The van der Waals surface area contributed by atoms with E-state index in [0.717, 1.165) is 11.1 Å². The van der Waals surface area contributed by atoms with Crippen molar-refractivity contribution in [1.29, 1.82) is 0 Å². The molecule has 0 aliphatic heterocycles. The summed E-state index contributed by atoms with van der Waals surface area (Å²) >= 11 is 1.18. The molecule has 1 aliphatic carbocycles. The van der Waals surface area contributed by atoms with Gasteiger partial charge in [0, 0.05) is 17.4 Å². The first kappa shape index (κ1) is 22.5. The fourth-order valence-corrected chi connectivity index (χ4v) is 3.27. The predicted molar refractivity (Wildman–Crippen MR) is 107 cm³/mol. The summed E-state index contributed by atoms with van der Waals surface area (Å²) in [5.41, 5.74) is 2.64. The number of ether oxygens (including phenoxy) is 1. The first-order valence-corrected chi connectivity index (χ1v) is 9.92. The lowest BCUT2D eigenvalue weighted by atomic mass is 10.1. The summed E-state index contributed by atoms with van der Waals surface area (Å²) < 4.78 is 58.1. The molecule has 0 saturated heterocycles. The second kappa shape index (κ2) is 9.73. The molecule has 1 unspecified atom stereocenters. The highest BCUT2D eigenvalue weighted by molar-refractivity contribution is 7.14. The van der Waals surface area contributed by atoms with Gasteiger partial charge in [-0.15, -0.1) is 11.3 Å². The van der Waals surface area contributed by atoms with Gasteiger partial charge in [0.15, 0.2) is 34.5 Å². The van der Waals surface area contributed by atoms with Crippen molar-refractivity contribution in [1.82, 2.24) is 10.3 Å². The topological polar surface area (TPSA) is 80.3 Å². The van der Waals surface area contributed by atoms with Crippen LogP contribution in [0.3, 0.4) is 0 Å². The Labute approximate surface area is 178 Å². The summed E-state index contributed by atoms with van der Waals surface area (Å²) in [6.07, 6.45) is -3.45. The number of allylic oxidation sites excluding steroid dienone is 3. The molecule has 164 valence electrons. The molecule has 31 heavy (non-hydrogen) atoms. The van der Waals surface area contributed by atoms with Gasteiger partial charge in [-0.05, 0) is 6.92 Å². The van der Waals surface area contributed by atoms with Crippen molar-refractivity contribution in [3.8, 4) is 11.3 Å². The molecule has 0 bridgehead atoms.